The SMILES string of the molecule is CCNc1ncc(Cl)c(Nc2ccc(OC)c(Cl)c2)n1. The van der Waals surface area contributed by atoms with Crippen LogP contribution in [-0.2, 0) is 0 Å². The van der Waals surface area contributed by atoms with Crippen LogP contribution in [0.3, 0.4) is 0 Å². The van der Waals surface area contributed by atoms with Crippen LogP contribution in [0.2, 0.25) is 10.0 Å². The van der Waals surface area contributed by atoms with E-state index in [2.05, 4.69) is 20.6 Å². The molecule has 2 N–H and O–H groups in total. The third-order valence-electron chi connectivity index (χ3n) is 2.49. The Morgan fingerprint density at radius 1 is 1.25 bits per heavy atom. The van der Waals surface area contributed by atoms with Gasteiger partial charge in [0.1, 0.15) is 10.8 Å². The van der Waals surface area contributed by atoms with Gasteiger partial charge in [0.2, 0.25) is 5.95 Å². The molecule has 0 bridgehead atoms. The van der Waals surface area contributed by atoms with Gasteiger partial charge < -0.3 is 15.4 Å². The van der Waals surface area contributed by atoms with Crippen molar-refractivity contribution >= 4 is 40.7 Å². The number of halogens is 2. The minimum Gasteiger partial charge on any atom is -0.495 e. The number of methoxy groups -OCH3 is 1. The molecule has 0 fully saturated rings. The first-order chi connectivity index (χ1) is 9.63. The molecule has 7 heteroatoms. The lowest BCUT2D eigenvalue weighted by Crippen LogP contribution is -2.04. The van der Waals surface area contributed by atoms with Crippen LogP contribution in [-0.4, -0.2) is 23.6 Å². The molecule has 1 aromatic carbocycles. The zero-order chi connectivity index (χ0) is 14.5. The van der Waals surface area contributed by atoms with Crippen LogP contribution in [0.25, 0.3) is 0 Å². The molecule has 0 spiro atoms. The molecule has 0 atom stereocenters. The molecule has 106 valence electrons. The highest BCUT2D eigenvalue weighted by molar-refractivity contribution is 6.33. The van der Waals surface area contributed by atoms with Crippen molar-refractivity contribution in [3.63, 3.8) is 0 Å². The Morgan fingerprint density at radius 2 is 2.05 bits per heavy atom. The molecule has 0 aliphatic heterocycles. The summed E-state index contributed by atoms with van der Waals surface area (Å²) < 4.78 is 5.10. The Balaban J connectivity index is 2.24. The predicted octanol–water partition coefficient (Wildman–Crippen LogP) is 3.97. The molecule has 5 nitrogen and oxygen atoms in total. The lowest BCUT2D eigenvalue weighted by atomic mass is 10.3. The first kappa shape index (κ1) is 14.7. The van der Waals surface area contributed by atoms with Crippen LogP contribution in [0.15, 0.2) is 24.4 Å². The number of anilines is 3. The van der Waals surface area contributed by atoms with Gasteiger partial charge in [-0.15, -0.1) is 0 Å². The predicted molar refractivity (Wildman–Crippen MR) is 82.5 cm³/mol. The molecule has 0 radical (unpaired) electrons. The van der Waals surface area contributed by atoms with Gasteiger partial charge in [-0.05, 0) is 25.1 Å². The standard InChI is InChI=1S/C13H14Cl2N4O/c1-3-16-13-17-7-10(15)12(19-13)18-8-4-5-11(20-2)9(14)6-8/h4-7H,3H2,1-2H3,(H2,16,17,18,19). The van der Waals surface area contributed by atoms with Crippen molar-refractivity contribution in [3.8, 4) is 5.75 Å². The maximum Gasteiger partial charge on any atom is 0.224 e. The number of nitrogens with zero attached hydrogens (tertiary/aromatic N) is 2. The Morgan fingerprint density at radius 3 is 2.70 bits per heavy atom. The molecule has 1 aromatic heterocycles. The highest BCUT2D eigenvalue weighted by Crippen LogP contribution is 2.30. The van der Waals surface area contributed by atoms with Crippen molar-refractivity contribution in [2.45, 2.75) is 6.92 Å². The van der Waals surface area contributed by atoms with E-state index in [4.69, 9.17) is 27.9 Å². The molecule has 0 saturated heterocycles. The quantitative estimate of drug-likeness (QED) is 0.875. The Labute approximate surface area is 127 Å². The zero-order valence-electron chi connectivity index (χ0n) is 11.1. The smallest absolute Gasteiger partial charge is 0.224 e. The molecule has 20 heavy (non-hydrogen) atoms. The molecule has 0 aliphatic rings. The average Bonchev–Trinajstić information content (AvgIpc) is 2.43. The lowest BCUT2D eigenvalue weighted by Gasteiger charge is -2.10. The van der Waals surface area contributed by atoms with Crippen LogP contribution < -0.4 is 15.4 Å². The second-order valence-corrected chi connectivity index (χ2v) is 4.71. The van der Waals surface area contributed by atoms with E-state index in [0.29, 0.717) is 27.6 Å². The summed E-state index contributed by atoms with van der Waals surface area (Å²) in [7, 11) is 1.57. The minimum atomic E-state index is 0.429. The van der Waals surface area contributed by atoms with Crippen LogP contribution in [0, 0.1) is 0 Å². The maximum absolute atomic E-state index is 6.07. The van der Waals surface area contributed by atoms with Crippen molar-refractivity contribution in [3.05, 3.63) is 34.4 Å². The molecule has 0 saturated carbocycles. The summed E-state index contributed by atoms with van der Waals surface area (Å²) in [5.74, 6) is 1.64. The summed E-state index contributed by atoms with van der Waals surface area (Å²) in [6.07, 6.45) is 1.54. The third-order valence-corrected chi connectivity index (χ3v) is 3.07. The first-order valence-corrected chi connectivity index (χ1v) is 6.76. The second-order valence-electron chi connectivity index (χ2n) is 3.89. The molecular weight excluding hydrogens is 299 g/mol. The van der Waals surface area contributed by atoms with E-state index in [-0.39, 0.29) is 0 Å². The fourth-order valence-electron chi connectivity index (χ4n) is 1.58. The number of nitrogens with one attached hydrogen (secondary N) is 2. The summed E-state index contributed by atoms with van der Waals surface area (Å²) in [4.78, 5) is 8.36. The summed E-state index contributed by atoms with van der Waals surface area (Å²) in [6.45, 7) is 2.70. The molecule has 0 unspecified atom stereocenters. The monoisotopic (exact) mass is 312 g/mol. The first-order valence-electron chi connectivity index (χ1n) is 6.01. The second kappa shape index (κ2) is 6.63. The molecule has 2 aromatic rings. The van der Waals surface area contributed by atoms with Gasteiger partial charge in [-0.2, -0.15) is 4.98 Å². The molecule has 0 amide bonds. The highest BCUT2D eigenvalue weighted by atomic mass is 35.5. The Bertz CT molecular complexity index is 607. The van der Waals surface area contributed by atoms with Gasteiger partial charge in [0.05, 0.1) is 18.3 Å². The summed E-state index contributed by atoms with van der Waals surface area (Å²) in [5.41, 5.74) is 0.763. The van der Waals surface area contributed by atoms with Gasteiger partial charge in [0, 0.05) is 12.2 Å². The molecular formula is C13H14Cl2N4O. The van der Waals surface area contributed by atoms with E-state index in [0.717, 1.165) is 12.2 Å². The van der Waals surface area contributed by atoms with Gasteiger partial charge in [-0.25, -0.2) is 4.98 Å². The van der Waals surface area contributed by atoms with E-state index < -0.39 is 0 Å². The van der Waals surface area contributed by atoms with Gasteiger partial charge >= 0.3 is 0 Å². The van der Waals surface area contributed by atoms with E-state index in [1.165, 1.54) is 0 Å². The van der Waals surface area contributed by atoms with Crippen molar-refractivity contribution in [1.29, 1.82) is 0 Å². The normalized spacial score (nSPS) is 10.2. The van der Waals surface area contributed by atoms with Crippen LogP contribution >= 0.6 is 23.2 Å². The fourth-order valence-corrected chi connectivity index (χ4v) is 1.97. The summed E-state index contributed by atoms with van der Waals surface area (Å²) in [6, 6.07) is 5.34. The van der Waals surface area contributed by atoms with Gasteiger partial charge in [0.25, 0.3) is 0 Å². The number of rotatable bonds is 5. The number of hydrogen-bond acceptors (Lipinski definition) is 5. The molecule has 0 aliphatic carbocycles. The van der Waals surface area contributed by atoms with Crippen LogP contribution in [0.1, 0.15) is 6.92 Å². The van der Waals surface area contributed by atoms with Crippen LogP contribution in [0.4, 0.5) is 17.5 Å². The lowest BCUT2D eigenvalue weighted by molar-refractivity contribution is 0.415. The summed E-state index contributed by atoms with van der Waals surface area (Å²) in [5, 5.41) is 7.06. The minimum absolute atomic E-state index is 0.429. The van der Waals surface area contributed by atoms with Gasteiger partial charge in [0.15, 0.2) is 5.82 Å². The topological polar surface area (TPSA) is 59.1 Å². The van der Waals surface area contributed by atoms with Crippen molar-refractivity contribution in [2.75, 3.05) is 24.3 Å². The van der Waals surface area contributed by atoms with Crippen LogP contribution in [0.5, 0.6) is 5.75 Å². The zero-order valence-corrected chi connectivity index (χ0v) is 12.6. The third kappa shape index (κ3) is 3.43. The van der Waals surface area contributed by atoms with E-state index >= 15 is 0 Å². The largest absolute Gasteiger partial charge is 0.495 e. The number of ether oxygens (including phenoxy) is 1. The van der Waals surface area contributed by atoms with Crippen molar-refractivity contribution < 1.29 is 4.74 Å². The fraction of sp³-hybridized carbons (Fsp3) is 0.231. The van der Waals surface area contributed by atoms with Crippen molar-refractivity contribution in [2.24, 2.45) is 0 Å². The number of benzene rings is 1. The van der Waals surface area contributed by atoms with Gasteiger partial charge in [-0.3, -0.25) is 0 Å². The average molecular weight is 313 g/mol. The summed E-state index contributed by atoms with van der Waals surface area (Å²) >= 11 is 12.1. The number of hydrogen-bond donors (Lipinski definition) is 2. The van der Waals surface area contributed by atoms with Crippen molar-refractivity contribution in [1.82, 2.24) is 9.97 Å². The highest BCUT2D eigenvalue weighted by Gasteiger charge is 2.07. The Kier molecular flexibility index (Phi) is 4.87. The number of aromatic nitrogens is 2. The maximum atomic E-state index is 6.07. The van der Waals surface area contributed by atoms with E-state index in [1.807, 2.05) is 13.0 Å². The van der Waals surface area contributed by atoms with E-state index in [1.54, 1.807) is 25.4 Å². The van der Waals surface area contributed by atoms with E-state index in [9.17, 15) is 0 Å². The molecule has 2 rings (SSSR count). The molecule has 1 heterocycles. The van der Waals surface area contributed by atoms with Gasteiger partial charge in [-0.1, -0.05) is 23.2 Å². The Hall–Kier alpha value is -1.72.